The molecule has 20 heavy (non-hydrogen) atoms. The summed E-state index contributed by atoms with van der Waals surface area (Å²) in [7, 11) is 2.08. The van der Waals surface area contributed by atoms with Crippen LogP contribution in [0.25, 0.3) is 0 Å². The number of nitrogens with one attached hydrogen (secondary N) is 2. The summed E-state index contributed by atoms with van der Waals surface area (Å²) in [4.78, 5) is 14.4. The lowest BCUT2D eigenvalue weighted by atomic mass is 9.94. The molecular weight excluding hydrogens is 250 g/mol. The van der Waals surface area contributed by atoms with Gasteiger partial charge in [-0.15, -0.1) is 0 Å². The van der Waals surface area contributed by atoms with Crippen LogP contribution in [0.15, 0.2) is 0 Å². The van der Waals surface area contributed by atoms with Crippen molar-refractivity contribution in [3.05, 3.63) is 0 Å². The molecule has 0 radical (unpaired) electrons. The van der Waals surface area contributed by atoms with Gasteiger partial charge in [0.2, 0.25) is 5.91 Å². The molecule has 1 atom stereocenters. The fourth-order valence-corrected chi connectivity index (χ4v) is 3.34. The SMILES string of the molecule is CC(C(=O)NC1CCCC1)N(C)CCC1CCNCC1. The second kappa shape index (κ2) is 7.99. The molecule has 116 valence electrons. The number of piperidine rings is 1. The summed E-state index contributed by atoms with van der Waals surface area (Å²) in [6.07, 6.45) is 8.66. The van der Waals surface area contributed by atoms with Crippen molar-refractivity contribution in [3.8, 4) is 0 Å². The Hall–Kier alpha value is -0.610. The zero-order valence-electron chi connectivity index (χ0n) is 13.2. The van der Waals surface area contributed by atoms with E-state index in [2.05, 4.69) is 22.6 Å². The Balaban J connectivity index is 1.67. The van der Waals surface area contributed by atoms with Gasteiger partial charge in [0.15, 0.2) is 0 Å². The molecule has 1 unspecified atom stereocenters. The number of nitrogens with zero attached hydrogens (tertiary/aromatic N) is 1. The molecule has 1 heterocycles. The van der Waals surface area contributed by atoms with Crippen molar-refractivity contribution >= 4 is 5.91 Å². The zero-order valence-corrected chi connectivity index (χ0v) is 13.2. The van der Waals surface area contributed by atoms with E-state index in [-0.39, 0.29) is 11.9 Å². The number of carbonyl (C=O) groups is 1. The number of amides is 1. The number of rotatable bonds is 6. The second-order valence-corrected chi connectivity index (χ2v) is 6.63. The predicted molar refractivity (Wildman–Crippen MR) is 82.7 cm³/mol. The normalized spacial score (nSPS) is 23.1. The monoisotopic (exact) mass is 281 g/mol. The van der Waals surface area contributed by atoms with Crippen LogP contribution in [0.5, 0.6) is 0 Å². The van der Waals surface area contributed by atoms with E-state index in [1.807, 2.05) is 6.92 Å². The summed E-state index contributed by atoms with van der Waals surface area (Å²) in [5, 5.41) is 6.61. The van der Waals surface area contributed by atoms with Crippen molar-refractivity contribution in [2.24, 2.45) is 5.92 Å². The van der Waals surface area contributed by atoms with E-state index in [0.29, 0.717) is 6.04 Å². The lowest BCUT2D eigenvalue weighted by molar-refractivity contribution is -0.126. The van der Waals surface area contributed by atoms with E-state index in [4.69, 9.17) is 0 Å². The van der Waals surface area contributed by atoms with E-state index < -0.39 is 0 Å². The van der Waals surface area contributed by atoms with Gasteiger partial charge in [0, 0.05) is 6.04 Å². The fraction of sp³-hybridized carbons (Fsp3) is 0.938. The Morgan fingerprint density at radius 1 is 1.25 bits per heavy atom. The van der Waals surface area contributed by atoms with E-state index in [0.717, 1.165) is 38.4 Å². The predicted octanol–water partition coefficient (Wildman–Crippen LogP) is 1.76. The third-order valence-corrected chi connectivity index (χ3v) is 5.09. The molecule has 1 amide bonds. The van der Waals surface area contributed by atoms with Crippen molar-refractivity contribution in [3.63, 3.8) is 0 Å². The van der Waals surface area contributed by atoms with Crippen LogP contribution >= 0.6 is 0 Å². The standard InChI is InChI=1S/C16H31N3O/c1-13(16(20)18-15-5-3-4-6-15)19(2)12-9-14-7-10-17-11-8-14/h13-15,17H,3-12H2,1-2H3,(H,18,20). The van der Waals surface area contributed by atoms with Crippen molar-refractivity contribution in [2.45, 2.75) is 64.0 Å². The molecule has 4 nitrogen and oxygen atoms in total. The van der Waals surface area contributed by atoms with Gasteiger partial charge in [0.25, 0.3) is 0 Å². The average molecular weight is 281 g/mol. The third kappa shape index (κ3) is 4.74. The van der Waals surface area contributed by atoms with E-state index in [1.54, 1.807) is 0 Å². The highest BCUT2D eigenvalue weighted by atomic mass is 16.2. The van der Waals surface area contributed by atoms with Crippen LogP contribution in [0.3, 0.4) is 0 Å². The molecule has 0 spiro atoms. The molecule has 2 fully saturated rings. The molecule has 1 aliphatic heterocycles. The highest BCUT2D eigenvalue weighted by Crippen LogP contribution is 2.19. The van der Waals surface area contributed by atoms with Crippen LogP contribution < -0.4 is 10.6 Å². The van der Waals surface area contributed by atoms with Crippen LogP contribution in [0, 0.1) is 5.92 Å². The maximum Gasteiger partial charge on any atom is 0.237 e. The minimum atomic E-state index is -0.00249. The molecule has 1 saturated heterocycles. The van der Waals surface area contributed by atoms with Crippen molar-refractivity contribution in [1.29, 1.82) is 0 Å². The molecular formula is C16H31N3O. The van der Waals surface area contributed by atoms with E-state index in [1.165, 1.54) is 32.1 Å². The van der Waals surface area contributed by atoms with Gasteiger partial charge >= 0.3 is 0 Å². The Morgan fingerprint density at radius 2 is 1.90 bits per heavy atom. The zero-order chi connectivity index (χ0) is 14.4. The average Bonchev–Trinajstić information content (AvgIpc) is 2.98. The number of likely N-dealkylation sites (N-methyl/N-ethyl adjacent to an activating group) is 1. The molecule has 2 aliphatic rings. The van der Waals surface area contributed by atoms with Crippen LogP contribution in [0.4, 0.5) is 0 Å². The van der Waals surface area contributed by atoms with Crippen LogP contribution in [0.2, 0.25) is 0 Å². The summed E-state index contributed by atoms with van der Waals surface area (Å²) in [5.41, 5.74) is 0. The van der Waals surface area contributed by atoms with Gasteiger partial charge in [-0.1, -0.05) is 12.8 Å². The van der Waals surface area contributed by atoms with Gasteiger partial charge in [-0.3, -0.25) is 9.69 Å². The maximum atomic E-state index is 12.2. The second-order valence-electron chi connectivity index (χ2n) is 6.63. The van der Waals surface area contributed by atoms with Gasteiger partial charge in [-0.2, -0.15) is 0 Å². The first-order chi connectivity index (χ1) is 9.66. The first-order valence-electron chi connectivity index (χ1n) is 8.38. The Kier molecular flexibility index (Phi) is 6.30. The van der Waals surface area contributed by atoms with Crippen LogP contribution in [-0.4, -0.2) is 49.6 Å². The highest BCUT2D eigenvalue weighted by Gasteiger charge is 2.23. The van der Waals surface area contributed by atoms with Crippen molar-refractivity contribution < 1.29 is 4.79 Å². The number of hydrogen-bond acceptors (Lipinski definition) is 3. The summed E-state index contributed by atoms with van der Waals surface area (Å²) in [6.45, 7) is 5.38. The van der Waals surface area contributed by atoms with Crippen molar-refractivity contribution in [2.75, 3.05) is 26.7 Å². The lowest BCUT2D eigenvalue weighted by Gasteiger charge is -2.28. The number of carbonyl (C=O) groups excluding carboxylic acids is 1. The molecule has 1 saturated carbocycles. The van der Waals surface area contributed by atoms with Crippen molar-refractivity contribution in [1.82, 2.24) is 15.5 Å². The Labute approximate surface area is 123 Å². The summed E-state index contributed by atoms with van der Waals surface area (Å²) >= 11 is 0. The molecule has 2 rings (SSSR count). The fourth-order valence-electron chi connectivity index (χ4n) is 3.34. The smallest absolute Gasteiger partial charge is 0.237 e. The molecule has 0 bridgehead atoms. The molecule has 0 aromatic rings. The topological polar surface area (TPSA) is 44.4 Å². The molecule has 0 aromatic heterocycles. The van der Waals surface area contributed by atoms with E-state index in [9.17, 15) is 4.79 Å². The van der Waals surface area contributed by atoms with Gasteiger partial charge in [0.1, 0.15) is 0 Å². The van der Waals surface area contributed by atoms with Crippen LogP contribution in [0.1, 0.15) is 51.9 Å². The molecule has 4 heteroatoms. The maximum absolute atomic E-state index is 12.2. The quantitative estimate of drug-likeness (QED) is 0.780. The Bertz CT molecular complexity index is 296. The lowest BCUT2D eigenvalue weighted by Crippen LogP contribution is -2.46. The van der Waals surface area contributed by atoms with Gasteiger partial charge in [-0.05, 0) is 71.6 Å². The number of hydrogen-bond donors (Lipinski definition) is 2. The van der Waals surface area contributed by atoms with E-state index >= 15 is 0 Å². The summed E-state index contributed by atoms with van der Waals surface area (Å²) < 4.78 is 0. The van der Waals surface area contributed by atoms with Crippen LogP contribution in [-0.2, 0) is 4.79 Å². The minimum Gasteiger partial charge on any atom is -0.352 e. The molecule has 0 aromatic carbocycles. The minimum absolute atomic E-state index is 0.00249. The molecule has 1 aliphatic carbocycles. The van der Waals surface area contributed by atoms with Gasteiger partial charge in [-0.25, -0.2) is 0 Å². The first-order valence-corrected chi connectivity index (χ1v) is 8.38. The highest BCUT2D eigenvalue weighted by molar-refractivity contribution is 5.81. The largest absolute Gasteiger partial charge is 0.352 e. The summed E-state index contributed by atoms with van der Waals surface area (Å²) in [5.74, 6) is 1.05. The first kappa shape index (κ1) is 15.8. The molecule has 2 N–H and O–H groups in total. The Morgan fingerprint density at radius 3 is 2.55 bits per heavy atom. The summed E-state index contributed by atoms with van der Waals surface area (Å²) in [6, 6.07) is 0.431. The third-order valence-electron chi connectivity index (χ3n) is 5.09. The van der Waals surface area contributed by atoms with Gasteiger partial charge in [0.05, 0.1) is 6.04 Å². The van der Waals surface area contributed by atoms with Gasteiger partial charge < -0.3 is 10.6 Å².